The molecule has 0 fully saturated rings. The Morgan fingerprint density at radius 2 is 1.05 bits per heavy atom. The molecule has 0 N–H and O–H groups in total. The molecule has 284 valence electrons. The minimum absolute atomic E-state index is 0.0510. The first-order valence-corrected chi connectivity index (χ1v) is 19.6. The predicted octanol–water partition coefficient (Wildman–Crippen LogP) is 13.6. The average Bonchev–Trinajstić information content (AvgIpc) is 3.72. The zero-order valence-corrected chi connectivity index (χ0v) is 32.9. The van der Waals surface area contributed by atoms with Gasteiger partial charge in [-0.25, -0.2) is 0 Å². The monoisotopic (exact) mass is 734 g/mol. The van der Waals surface area contributed by atoms with Crippen LogP contribution in [0.15, 0.2) is 133 Å². The Morgan fingerprint density at radius 3 is 1.55 bits per heavy atom. The van der Waals surface area contributed by atoms with Gasteiger partial charge in [-0.15, -0.1) is 0 Å². The summed E-state index contributed by atoms with van der Waals surface area (Å²) >= 11 is 0. The molecule has 0 aliphatic heterocycles. The summed E-state index contributed by atoms with van der Waals surface area (Å²) in [6.45, 7) is 13.5. The molecule has 4 aromatic carbocycles. The van der Waals surface area contributed by atoms with Gasteiger partial charge in [-0.3, -0.25) is 9.78 Å². The highest BCUT2D eigenvalue weighted by Gasteiger charge is 2.10. The maximum Gasteiger partial charge on any atom is 0.167 e. The number of unbranched alkanes of at least 4 members (excludes halogenated alkanes) is 6. The van der Waals surface area contributed by atoms with Crippen molar-refractivity contribution < 1.29 is 18.8 Å². The van der Waals surface area contributed by atoms with E-state index in [0.29, 0.717) is 11.3 Å². The predicted molar refractivity (Wildman–Crippen MR) is 226 cm³/mol. The van der Waals surface area contributed by atoms with Crippen LogP contribution in [0.4, 0.5) is 0 Å². The molecule has 6 nitrogen and oxygen atoms in total. The second-order valence-electron chi connectivity index (χ2n) is 13.9. The number of benzene rings is 4. The average molecular weight is 735 g/mol. The van der Waals surface area contributed by atoms with Gasteiger partial charge in [0.2, 0.25) is 0 Å². The number of hydrogen-bond donors (Lipinski definition) is 0. The number of carbonyl (C=O) groups excluding carboxylic acids is 1. The van der Waals surface area contributed by atoms with Gasteiger partial charge in [0.05, 0.1) is 18.9 Å². The number of allylic oxidation sites excluding steroid dienone is 1. The van der Waals surface area contributed by atoms with Gasteiger partial charge in [-0.1, -0.05) is 136 Å². The first kappa shape index (κ1) is 40.4. The third kappa shape index (κ3) is 12.4. The Hall–Kier alpha value is -5.75. The zero-order chi connectivity index (χ0) is 38.8. The molecule has 6 heteroatoms. The number of Topliss-reactive ketones (excluding diaryl/α,β-unsaturated/α-hetero) is 1. The van der Waals surface area contributed by atoms with Crippen LogP contribution >= 0.6 is 0 Å². The molecule has 0 aliphatic carbocycles. The summed E-state index contributed by atoms with van der Waals surface area (Å²) in [5.41, 5.74) is 9.88. The van der Waals surface area contributed by atoms with Crippen LogP contribution in [0.3, 0.4) is 0 Å². The fourth-order valence-electron chi connectivity index (χ4n) is 5.98. The highest BCUT2D eigenvalue weighted by Crippen LogP contribution is 2.29. The summed E-state index contributed by atoms with van der Waals surface area (Å²) in [7, 11) is 0. The van der Waals surface area contributed by atoms with E-state index in [2.05, 4.69) is 79.1 Å². The largest absolute Gasteiger partial charge is 0.494 e. The Labute approximate surface area is 327 Å². The molecular weight excluding hydrogens is 681 g/mol. The standard InChI is InChI=1S/C26H29NO.C23H25NO3/c1-4-5-6-7-18-28-25-15-12-22(13-16-25)24-14-17-26(27-19-24)23-10-8-21(9-11-23)20(2)3;1-3-4-5-6-15-26-21-13-11-20(12-14-21)23-16-22(24-27-23)19-9-7-18(8-10-19)17(2)25/h8-17,19H,2,4-7,18H2,1,3H3;7-14,16H,3-6,15H2,1-2H3. The second-order valence-corrected chi connectivity index (χ2v) is 13.9. The summed E-state index contributed by atoms with van der Waals surface area (Å²) in [6.07, 6.45) is 11.6. The molecule has 0 amide bonds. The van der Waals surface area contributed by atoms with Gasteiger partial charge in [0.1, 0.15) is 17.2 Å². The summed E-state index contributed by atoms with van der Waals surface area (Å²) < 4.78 is 17.1. The molecule has 6 aromatic rings. The SMILES string of the molecule is C=C(C)c1ccc(-c2ccc(-c3ccc(OCCCCCC)cc3)cn2)cc1.CCCCCCOc1ccc(-c2cc(-c3ccc(C(C)=O)cc3)no2)cc1. The van der Waals surface area contributed by atoms with E-state index in [4.69, 9.17) is 14.0 Å². The number of carbonyl (C=O) groups is 1. The Kier molecular flexibility index (Phi) is 15.6. The summed E-state index contributed by atoms with van der Waals surface area (Å²) in [5, 5.41) is 4.15. The Morgan fingerprint density at radius 1 is 0.564 bits per heavy atom. The van der Waals surface area contributed by atoms with E-state index in [0.717, 1.165) is 87.9 Å². The van der Waals surface area contributed by atoms with E-state index < -0.39 is 0 Å². The molecule has 0 aliphatic rings. The van der Waals surface area contributed by atoms with E-state index in [1.165, 1.54) is 38.5 Å². The minimum atomic E-state index is 0.0510. The smallest absolute Gasteiger partial charge is 0.167 e. The summed E-state index contributed by atoms with van der Waals surface area (Å²) in [5.74, 6) is 2.56. The zero-order valence-electron chi connectivity index (χ0n) is 32.9. The molecule has 6 rings (SSSR count). The van der Waals surface area contributed by atoms with E-state index >= 15 is 0 Å². The first-order valence-electron chi connectivity index (χ1n) is 19.6. The van der Waals surface area contributed by atoms with E-state index in [9.17, 15) is 4.79 Å². The van der Waals surface area contributed by atoms with Crippen LogP contribution in [0, 0.1) is 0 Å². The number of aromatic nitrogens is 2. The van der Waals surface area contributed by atoms with Crippen molar-refractivity contribution in [3.05, 3.63) is 139 Å². The highest BCUT2D eigenvalue weighted by molar-refractivity contribution is 5.94. The number of rotatable bonds is 18. The lowest BCUT2D eigenvalue weighted by Gasteiger charge is -2.08. The van der Waals surface area contributed by atoms with Gasteiger partial charge < -0.3 is 14.0 Å². The van der Waals surface area contributed by atoms with Crippen LogP contribution in [0.25, 0.3) is 50.5 Å². The van der Waals surface area contributed by atoms with Crippen molar-refractivity contribution in [2.24, 2.45) is 0 Å². The van der Waals surface area contributed by atoms with Crippen molar-refractivity contribution in [3.8, 4) is 56.5 Å². The van der Waals surface area contributed by atoms with Gasteiger partial charge in [-0.05, 0) is 80.3 Å². The van der Waals surface area contributed by atoms with Crippen molar-refractivity contribution in [3.63, 3.8) is 0 Å². The lowest BCUT2D eigenvalue weighted by molar-refractivity contribution is 0.101. The second kappa shape index (κ2) is 21.2. The van der Waals surface area contributed by atoms with Crippen molar-refractivity contribution in [2.75, 3.05) is 13.2 Å². The van der Waals surface area contributed by atoms with Crippen LogP contribution < -0.4 is 9.47 Å². The molecule has 0 radical (unpaired) electrons. The Balaban J connectivity index is 0.000000211. The summed E-state index contributed by atoms with van der Waals surface area (Å²) in [6, 6.07) is 38.0. The maximum absolute atomic E-state index is 11.4. The Bertz CT molecular complexity index is 2050. The van der Waals surface area contributed by atoms with Crippen molar-refractivity contribution in [1.29, 1.82) is 0 Å². The quantitative estimate of drug-likeness (QED) is 0.0646. The molecular formula is C49H54N2O4. The minimum Gasteiger partial charge on any atom is -0.494 e. The van der Waals surface area contributed by atoms with Gasteiger partial charge in [-0.2, -0.15) is 0 Å². The highest BCUT2D eigenvalue weighted by atomic mass is 16.5. The third-order valence-electron chi connectivity index (χ3n) is 9.39. The molecule has 0 spiro atoms. The molecule has 2 heterocycles. The van der Waals surface area contributed by atoms with Gasteiger partial charge in [0.15, 0.2) is 11.5 Å². The lowest BCUT2D eigenvalue weighted by atomic mass is 10.0. The van der Waals surface area contributed by atoms with Crippen molar-refractivity contribution in [2.45, 2.75) is 79.1 Å². The first-order chi connectivity index (χ1) is 26.8. The van der Waals surface area contributed by atoms with Crippen LogP contribution in [0.1, 0.15) is 95.0 Å². The molecule has 55 heavy (non-hydrogen) atoms. The maximum atomic E-state index is 11.4. The topological polar surface area (TPSA) is 74.5 Å². The third-order valence-corrected chi connectivity index (χ3v) is 9.39. The van der Waals surface area contributed by atoms with E-state index in [-0.39, 0.29) is 5.78 Å². The van der Waals surface area contributed by atoms with E-state index in [1.807, 2.05) is 67.7 Å². The lowest BCUT2D eigenvalue weighted by Crippen LogP contribution is -1.97. The number of ketones is 1. The van der Waals surface area contributed by atoms with Crippen molar-refractivity contribution in [1.82, 2.24) is 10.1 Å². The van der Waals surface area contributed by atoms with Crippen LogP contribution in [-0.4, -0.2) is 29.1 Å². The van der Waals surface area contributed by atoms with Gasteiger partial charge >= 0.3 is 0 Å². The fourth-order valence-corrected chi connectivity index (χ4v) is 5.98. The molecule has 0 saturated heterocycles. The van der Waals surface area contributed by atoms with E-state index in [1.54, 1.807) is 19.1 Å². The molecule has 2 aromatic heterocycles. The molecule has 0 bridgehead atoms. The number of pyridine rings is 1. The van der Waals surface area contributed by atoms with Gasteiger partial charge in [0.25, 0.3) is 0 Å². The number of hydrogen-bond acceptors (Lipinski definition) is 6. The summed E-state index contributed by atoms with van der Waals surface area (Å²) in [4.78, 5) is 16.0. The van der Waals surface area contributed by atoms with Crippen LogP contribution in [0.5, 0.6) is 11.5 Å². The van der Waals surface area contributed by atoms with Crippen LogP contribution in [-0.2, 0) is 0 Å². The van der Waals surface area contributed by atoms with Crippen molar-refractivity contribution >= 4 is 11.4 Å². The van der Waals surface area contributed by atoms with Gasteiger partial charge in [0, 0.05) is 40.1 Å². The molecule has 0 atom stereocenters. The molecule has 0 saturated carbocycles. The van der Waals surface area contributed by atoms with Crippen LogP contribution in [0.2, 0.25) is 0 Å². The number of nitrogens with zero attached hydrogens (tertiary/aromatic N) is 2. The molecule has 0 unspecified atom stereocenters. The number of ether oxygens (including phenoxy) is 2. The fraction of sp³-hybridized carbons (Fsp3) is 0.286. The normalized spacial score (nSPS) is 10.7.